The van der Waals surface area contributed by atoms with Crippen molar-refractivity contribution in [3.63, 3.8) is 0 Å². The first kappa shape index (κ1) is 25.7. The minimum Gasteiger partial charge on any atom is -0.497 e. The fraction of sp³-hybridized carbons (Fsp3) is 0.607. The van der Waals surface area contributed by atoms with Crippen LogP contribution in [0.5, 0.6) is 5.75 Å². The molecule has 3 fully saturated rings. The Hall–Kier alpha value is -2.91. The van der Waals surface area contributed by atoms with E-state index in [1.807, 2.05) is 19.1 Å². The molecule has 2 bridgehead atoms. The van der Waals surface area contributed by atoms with E-state index in [0.717, 1.165) is 25.7 Å². The number of carbonyl (C=O) groups is 3. The highest BCUT2D eigenvalue weighted by atomic mass is 16.5. The number of hydrogen-bond acceptors (Lipinski definition) is 6. The molecule has 1 aromatic rings. The molecule has 200 valence electrons. The Balaban J connectivity index is 1.39. The summed E-state index contributed by atoms with van der Waals surface area (Å²) in [6.45, 7) is 3.38. The number of ether oxygens (including phenoxy) is 3. The van der Waals surface area contributed by atoms with Gasteiger partial charge in [0.15, 0.2) is 0 Å². The first-order valence-corrected chi connectivity index (χ1v) is 13.5. The van der Waals surface area contributed by atoms with Gasteiger partial charge in [-0.3, -0.25) is 14.4 Å². The number of likely N-dealkylation sites (tertiary alicyclic amines) is 1. The van der Waals surface area contributed by atoms with Gasteiger partial charge in [0.25, 0.3) is 0 Å². The fourth-order valence-electron chi connectivity index (χ4n) is 6.42. The topological polar surface area (TPSA) is 106 Å². The van der Waals surface area contributed by atoms with E-state index < -0.39 is 29.6 Å². The summed E-state index contributed by atoms with van der Waals surface area (Å²) in [4.78, 5) is 42.8. The largest absolute Gasteiger partial charge is 0.497 e. The molecule has 37 heavy (non-hydrogen) atoms. The lowest BCUT2D eigenvalue weighted by molar-refractivity contribution is -0.141. The van der Waals surface area contributed by atoms with E-state index in [-0.39, 0.29) is 23.8 Å². The molecule has 0 unspecified atom stereocenters. The summed E-state index contributed by atoms with van der Waals surface area (Å²) in [6, 6.07) is 6.34. The van der Waals surface area contributed by atoms with Gasteiger partial charge in [0.1, 0.15) is 17.4 Å². The molecule has 9 nitrogen and oxygen atoms in total. The SMILES string of the molecule is CCOCCCN1C(=O)[C@H]2[C@H](C(=O)Nc3ccc(OC)cc3)[C@H]3C=C[C@@]2(O3)[C@@H]1C(=O)NC1CCCCC1. The van der Waals surface area contributed by atoms with Gasteiger partial charge in [-0.25, -0.2) is 0 Å². The van der Waals surface area contributed by atoms with Crippen LogP contribution in [0.25, 0.3) is 0 Å². The van der Waals surface area contributed by atoms with Crippen LogP contribution in [-0.4, -0.2) is 73.3 Å². The van der Waals surface area contributed by atoms with Crippen molar-refractivity contribution in [3.05, 3.63) is 36.4 Å². The van der Waals surface area contributed by atoms with Crippen LogP contribution in [0.15, 0.2) is 36.4 Å². The molecule has 2 saturated heterocycles. The second-order valence-corrected chi connectivity index (χ2v) is 10.3. The highest BCUT2D eigenvalue weighted by molar-refractivity contribution is 6.02. The molecule has 3 amide bonds. The van der Waals surface area contributed by atoms with Crippen LogP contribution in [-0.2, 0) is 23.9 Å². The van der Waals surface area contributed by atoms with Crippen molar-refractivity contribution in [2.24, 2.45) is 11.8 Å². The lowest BCUT2D eigenvalue weighted by Gasteiger charge is -2.34. The Bertz CT molecular complexity index is 1040. The van der Waals surface area contributed by atoms with Gasteiger partial charge in [-0.1, -0.05) is 31.4 Å². The lowest BCUT2D eigenvalue weighted by Crippen LogP contribution is -2.56. The molecule has 5 rings (SSSR count). The van der Waals surface area contributed by atoms with Gasteiger partial charge < -0.3 is 29.7 Å². The van der Waals surface area contributed by atoms with E-state index in [0.29, 0.717) is 37.6 Å². The maximum absolute atomic E-state index is 13.9. The molecular weight excluding hydrogens is 474 g/mol. The third kappa shape index (κ3) is 4.75. The minimum absolute atomic E-state index is 0.105. The second-order valence-electron chi connectivity index (χ2n) is 10.3. The Labute approximate surface area is 217 Å². The normalized spacial score (nSPS) is 30.4. The van der Waals surface area contributed by atoms with Crippen LogP contribution in [0.1, 0.15) is 45.4 Å². The van der Waals surface area contributed by atoms with E-state index in [2.05, 4.69) is 10.6 Å². The number of rotatable bonds is 10. The van der Waals surface area contributed by atoms with Crippen molar-refractivity contribution >= 4 is 23.4 Å². The maximum Gasteiger partial charge on any atom is 0.246 e. The van der Waals surface area contributed by atoms with Gasteiger partial charge >= 0.3 is 0 Å². The Kier molecular flexibility index (Phi) is 7.53. The number of hydrogen-bond donors (Lipinski definition) is 2. The smallest absolute Gasteiger partial charge is 0.246 e. The molecule has 1 aromatic carbocycles. The Morgan fingerprint density at radius 2 is 1.89 bits per heavy atom. The summed E-state index contributed by atoms with van der Waals surface area (Å²) in [7, 11) is 1.58. The summed E-state index contributed by atoms with van der Waals surface area (Å²) < 4.78 is 17.1. The van der Waals surface area contributed by atoms with E-state index >= 15 is 0 Å². The number of nitrogens with zero attached hydrogens (tertiary/aromatic N) is 1. The quantitative estimate of drug-likeness (QED) is 0.370. The molecule has 4 aliphatic rings. The Morgan fingerprint density at radius 1 is 1.14 bits per heavy atom. The fourth-order valence-corrected chi connectivity index (χ4v) is 6.42. The summed E-state index contributed by atoms with van der Waals surface area (Å²) in [5.74, 6) is -1.48. The minimum atomic E-state index is -1.14. The van der Waals surface area contributed by atoms with Gasteiger partial charge in [0.05, 0.1) is 25.0 Å². The molecule has 9 heteroatoms. The number of carbonyl (C=O) groups excluding carboxylic acids is 3. The van der Waals surface area contributed by atoms with Crippen LogP contribution in [0.4, 0.5) is 5.69 Å². The van der Waals surface area contributed by atoms with Gasteiger partial charge in [-0.05, 0) is 50.5 Å². The summed E-state index contributed by atoms with van der Waals surface area (Å²) in [6.07, 6.45) is 8.99. The van der Waals surface area contributed by atoms with Crippen molar-refractivity contribution < 1.29 is 28.6 Å². The molecule has 5 atom stereocenters. The molecule has 3 aliphatic heterocycles. The maximum atomic E-state index is 13.9. The third-order valence-electron chi connectivity index (χ3n) is 8.13. The van der Waals surface area contributed by atoms with E-state index in [1.54, 1.807) is 36.3 Å². The van der Waals surface area contributed by atoms with E-state index in [1.165, 1.54) is 6.42 Å². The first-order chi connectivity index (χ1) is 18.0. The highest BCUT2D eigenvalue weighted by Gasteiger charge is 2.72. The molecule has 1 saturated carbocycles. The van der Waals surface area contributed by atoms with Crippen molar-refractivity contribution in [1.29, 1.82) is 0 Å². The predicted molar refractivity (Wildman–Crippen MR) is 137 cm³/mol. The Morgan fingerprint density at radius 3 is 2.59 bits per heavy atom. The summed E-state index contributed by atoms with van der Waals surface area (Å²) in [5, 5.41) is 6.14. The average Bonchev–Trinajstić information content (AvgIpc) is 3.55. The van der Waals surface area contributed by atoms with Crippen molar-refractivity contribution in [3.8, 4) is 5.75 Å². The molecule has 1 spiro atoms. The summed E-state index contributed by atoms with van der Waals surface area (Å²) >= 11 is 0. The second kappa shape index (κ2) is 10.8. The number of amides is 3. The molecular formula is C28H37N3O6. The zero-order valence-electron chi connectivity index (χ0n) is 21.6. The highest BCUT2D eigenvalue weighted by Crippen LogP contribution is 2.55. The molecule has 0 aromatic heterocycles. The first-order valence-electron chi connectivity index (χ1n) is 13.5. The number of nitrogens with one attached hydrogen (secondary N) is 2. The number of anilines is 1. The summed E-state index contributed by atoms with van der Waals surface area (Å²) in [5.41, 5.74) is -0.536. The van der Waals surface area contributed by atoms with Crippen molar-refractivity contribution in [2.45, 2.75) is 69.2 Å². The van der Waals surface area contributed by atoms with Gasteiger partial charge in [0, 0.05) is 31.5 Å². The van der Waals surface area contributed by atoms with Crippen molar-refractivity contribution in [1.82, 2.24) is 10.2 Å². The molecule has 2 N–H and O–H groups in total. The van der Waals surface area contributed by atoms with Crippen LogP contribution in [0.3, 0.4) is 0 Å². The van der Waals surface area contributed by atoms with Gasteiger partial charge in [-0.15, -0.1) is 0 Å². The van der Waals surface area contributed by atoms with Crippen LogP contribution >= 0.6 is 0 Å². The van der Waals surface area contributed by atoms with Gasteiger partial charge in [0.2, 0.25) is 17.7 Å². The molecule has 1 aliphatic carbocycles. The predicted octanol–water partition coefficient (Wildman–Crippen LogP) is 2.66. The monoisotopic (exact) mass is 511 g/mol. The number of benzene rings is 1. The van der Waals surface area contributed by atoms with Crippen LogP contribution in [0, 0.1) is 11.8 Å². The van der Waals surface area contributed by atoms with E-state index in [4.69, 9.17) is 14.2 Å². The zero-order chi connectivity index (χ0) is 26.0. The third-order valence-corrected chi connectivity index (χ3v) is 8.13. The van der Waals surface area contributed by atoms with Gasteiger partial charge in [-0.2, -0.15) is 0 Å². The van der Waals surface area contributed by atoms with Crippen LogP contribution in [0.2, 0.25) is 0 Å². The molecule has 0 radical (unpaired) electrons. The number of fused-ring (bicyclic) bond motifs is 1. The van der Waals surface area contributed by atoms with E-state index in [9.17, 15) is 14.4 Å². The average molecular weight is 512 g/mol. The van der Waals surface area contributed by atoms with Crippen LogP contribution < -0.4 is 15.4 Å². The lowest BCUT2D eigenvalue weighted by atomic mass is 9.74. The number of methoxy groups -OCH3 is 1. The standard InChI is InChI=1S/C28H37N3O6/c1-3-36-17-7-16-31-24(26(33)30-18-8-5-4-6-9-18)28-15-14-21(37-28)22(23(28)27(31)34)25(32)29-19-10-12-20(35-2)13-11-19/h10-15,18,21-24H,3-9,16-17H2,1-2H3,(H,29,32)(H,30,33)/t21-,22-,23-,24+,28+/m1/s1. The molecule has 3 heterocycles. The van der Waals surface area contributed by atoms with Crippen molar-refractivity contribution in [2.75, 3.05) is 32.2 Å². The zero-order valence-corrected chi connectivity index (χ0v) is 21.6.